The first-order valence-corrected chi connectivity index (χ1v) is 17.4. The van der Waals surface area contributed by atoms with Crippen LogP contribution in [0, 0.1) is 47.5 Å². The van der Waals surface area contributed by atoms with Gasteiger partial charge in [0.2, 0.25) is 0 Å². The molecule has 0 heteroatoms. The van der Waals surface area contributed by atoms with E-state index in [0.717, 1.165) is 5.92 Å². The van der Waals surface area contributed by atoms with E-state index < -0.39 is 0 Å². The van der Waals surface area contributed by atoms with Crippen molar-refractivity contribution in [2.24, 2.45) is 5.92 Å². The largest absolute Gasteiger partial charge is 0.106 e. The Kier molecular flexibility index (Phi) is 34.5. The lowest BCUT2D eigenvalue weighted by Gasteiger charge is -2.16. The van der Waals surface area contributed by atoms with Gasteiger partial charge in [0.25, 0.3) is 0 Å². The summed E-state index contributed by atoms with van der Waals surface area (Å²) in [6.45, 7) is 41.7. The van der Waals surface area contributed by atoms with Crippen LogP contribution in [-0.4, -0.2) is 0 Å². The van der Waals surface area contributed by atoms with Crippen molar-refractivity contribution in [2.75, 3.05) is 0 Å². The molecule has 45 heavy (non-hydrogen) atoms. The molecule has 0 N–H and O–H groups in total. The van der Waals surface area contributed by atoms with Gasteiger partial charge in [-0.05, 0) is 92.0 Å². The molecule has 252 valence electrons. The van der Waals surface area contributed by atoms with E-state index in [1.165, 1.54) is 62.1 Å². The molecule has 0 aromatic heterocycles. The number of aryl methyl sites for hydroxylation is 4. The Hall–Kier alpha value is -3.38. The van der Waals surface area contributed by atoms with Crippen molar-refractivity contribution < 1.29 is 0 Å². The molecule has 0 nitrogen and oxygen atoms in total. The third kappa shape index (κ3) is 19.6. The van der Waals surface area contributed by atoms with E-state index in [2.05, 4.69) is 160 Å². The third-order valence-electron chi connectivity index (χ3n) is 6.65. The van der Waals surface area contributed by atoms with Crippen molar-refractivity contribution in [1.82, 2.24) is 0 Å². The summed E-state index contributed by atoms with van der Waals surface area (Å²) in [5.74, 6) is 0.884. The first-order valence-electron chi connectivity index (χ1n) is 17.4. The molecule has 0 saturated carbocycles. The van der Waals surface area contributed by atoms with E-state index in [1.54, 1.807) is 0 Å². The summed E-state index contributed by atoms with van der Waals surface area (Å²) in [5, 5.41) is 0. The van der Waals surface area contributed by atoms with Crippen molar-refractivity contribution in [3.8, 4) is 22.3 Å². The monoisotopic (exact) mass is 613 g/mol. The molecule has 0 amide bonds. The molecule has 0 unspecified atom stereocenters. The van der Waals surface area contributed by atoms with Gasteiger partial charge in [-0.1, -0.05) is 179 Å². The molecular formula is C45H72. The molecule has 0 fully saturated rings. The van der Waals surface area contributed by atoms with Crippen LogP contribution in [0.1, 0.15) is 116 Å². The second-order valence-corrected chi connectivity index (χ2v) is 10.0. The van der Waals surface area contributed by atoms with Crippen LogP contribution in [0.4, 0.5) is 0 Å². The standard InChI is InChI=1S/C22H22.C8H10.C5H12.4C2H6.C2H4/c1-15-9-5-7-11-19(15)21-13-14-22(18(4)17(21)3)20-12-8-6-10-16(20)2;1-7-4-3-5-8(2)6-7;1-4-5(2)3;5*1-2/h5-14H,1-4H3;3-6H,1-2H3;5H,4H2,1-3H3;4*1-2H3;1-2H2. The Morgan fingerprint density at radius 3 is 0.956 bits per heavy atom. The maximum absolute atomic E-state index is 3.00. The van der Waals surface area contributed by atoms with Crippen molar-refractivity contribution in [3.63, 3.8) is 0 Å². The maximum Gasteiger partial charge on any atom is -0.0149 e. The van der Waals surface area contributed by atoms with Gasteiger partial charge in [-0.25, -0.2) is 0 Å². The molecule has 0 atom stereocenters. The van der Waals surface area contributed by atoms with Gasteiger partial charge in [0, 0.05) is 0 Å². The van der Waals surface area contributed by atoms with Crippen LogP contribution in [0.2, 0.25) is 0 Å². The lowest BCUT2D eigenvalue weighted by atomic mass is 9.88. The first-order chi connectivity index (χ1) is 21.6. The highest BCUT2D eigenvalue weighted by atomic mass is 14.2. The van der Waals surface area contributed by atoms with Gasteiger partial charge in [0.05, 0.1) is 0 Å². The Labute approximate surface area is 283 Å². The van der Waals surface area contributed by atoms with E-state index in [1.807, 2.05) is 55.4 Å². The van der Waals surface area contributed by atoms with Crippen LogP contribution < -0.4 is 0 Å². The summed E-state index contributed by atoms with van der Waals surface area (Å²) in [4.78, 5) is 0. The molecule has 0 radical (unpaired) electrons. The summed E-state index contributed by atoms with van der Waals surface area (Å²) in [7, 11) is 0. The van der Waals surface area contributed by atoms with Gasteiger partial charge in [-0.3, -0.25) is 0 Å². The number of rotatable bonds is 3. The fourth-order valence-corrected chi connectivity index (χ4v) is 3.96. The average molecular weight is 613 g/mol. The van der Waals surface area contributed by atoms with Crippen LogP contribution in [0.3, 0.4) is 0 Å². The van der Waals surface area contributed by atoms with Crippen LogP contribution >= 0.6 is 0 Å². The summed E-state index contributed by atoms with van der Waals surface area (Å²) in [6, 6.07) is 30.2. The molecule has 0 bridgehead atoms. The third-order valence-corrected chi connectivity index (χ3v) is 6.65. The summed E-state index contributed by atoms with van der Waals surface area (Å²) in [6.07, 6.45) is 1.31. The molecule has 0 aliphatic rings. The normalized spacial score (nSPS) is 8.58. The molecular weight excluding hydrogens is 540 g/mol. The number of benzene rings is 4. The molecule has 4 aromatic carbocycles. The summed E-state index contributed by atoms with van der Waals surface area (Å²) >= 11 is 0. The Morgan fingerprint density at radius 2 is 0.733 bits per heavy atom. The Bertz CT molecular complexity index is 1140. The van der Waals surface area contributed by atoms with Crippen LogP contribution in [-0.2, 0) is 0 Å². The van der Waals surface area contributed by atoms with Gasteiger partial charge in [-0.2, -0.15) is 0 Å². The predicted octanol–water partition coefficient (Wildman–Crippen LogP) is 15.5. The molecule has 4 rings (SSSR count). The summed E-state index contributed by atoms with van der Waals surface area (Å²) in [5.41, 5.74) is 13.4. The second kappa shape index (κ2) is 32.0. The first kappa shape index (κ1) is 48.5. The maximum atomic E-state index is 3.00. The number of hydrogen-bond acceptors (Lipinski definition) is 0. The van der Waals surface area contributed by atoms with Gasteiger partial charge in [0.1, 0.15) is 0 Å². The minimum absolute atomic E-state index is 0.884. The van der Waals surface area contributed by atoms with E-state index in [9.17, 15) is 0 Å². The van der Waals surface area contributed by atoms with Crippen LogP contribution in [0.5, 0.6) is 0 Å². The molecule has 0 aliphatic heterocycles. The fourth-order valence-electron chi connectivity index (χ4n) is 3.96. The number of hydrogen-bond donors (Lipinski definition) is 0. The average Bonchev–Trinajstić information content (AvgIpc) is 3.08. The second-order valence-electron chi connectivity index (χ2n) is 10.0. The fraction of sp³-hybridized carbons (Fsp3) is 0.422. The smallest absolute Gasteiger partial charge is 0.0149 e. The Morgan fingerprint density at radius 1 is 0.444 bits per heavy atom. The zero-order valence-electron chi connectivity index (χ0n) is 32.8. The topological polar surface area (TPSA) is 0 Å². The minimum atomic E-state index is 0.884. The van der Waals surface area contributed by atoms with E-state index in [0.29, 0.717) is 0 Å². The van der Waals surface area contributed by atoms with Crippen LogP contribution in [0.25, 0.3) is 22.3 Å². The lowest BCUT2D eigenvalue weighted by Crippen LogP contribution is -1.94. The van der Waals surface area contributed by atoms with Gasteiger partial charge in [0.15, 0.2) is 0 Å². The van der Waals surface area contributed by atoms with Gasteiger partial charge in [-0.15, -0.1) is 13.2 Å². The zero-order valence-corrected chi connectivity index (χ0v) is 32.8. The van der Waals surface area contributed by atoms with E-state index >= 15 is 0 Å². The molecule has 0 spiro atoms. The highest BCUT2D eigenvalue weighted by Crippen LogP contribution is 2.34. The molecule has 0 saturated heterocycles. The van der Waals surface area contributed by atoms with E-state index in [4.69, 9.17) is 0 Å². The van der Waals surface area contributed by atoms with Gasteiger partial charge >= 0.3 is 0 Å². The lowest BCUT2D eigenvalue weighted by molar-refractivity contribution is 0.626. The molecule has 4 aromatic rings. The highest BCUT2D eigenvalue weighted by molar-refractivity contribution is 5.79. The van der Waals surface area contributed by atoms with Crippen molar-refractivity contribution >= 4 is 0 Å². The van der Waals surface area contributed by atoms with Crippen molar-refractivity contribution in [3.05, 3.63) is 131 Å². The SMILES string of the molecule is C=C.CC.CC.CC.CC.CCC(C)C.Cc1cccc(C)c1.Cc1ccccc1-c1ccc(-c2ccccc2C)c(C)c1C. The minimum Gasteiger partial charge on any atom is -0.106 e. The molecule has 0 heterocycles. The predicted molar refractivity (Wildman–Crippen MR) is 214 cm³/mol. The quantitative estimate of drug-likeness (QED) is 0.202. The van der Waals surface area contributed by atoms with Crippen molar-refractivity contribution in [1.29, 1.82) is 0 Å². The van der Waals surface area contributed by atoms with Crippen LogP contribution in [0.15, 0.2) is 98.1 Å². The van der Waals surface area contributed by atoms with Gasteiger partial charge < -0.3 is 0 Å². The zero-order chi connectivity index (χ0) is 36.0. The Balaban J connectivity index is -0.000000303. The van der Waals surface area contributed by atoms with Crippen molar-refractivity contribution in [2.45, 2.75) is 124 Å². The highest BCUT2D eigenvalue weighted by Gasteiger charge is 2.11. The summed E-state index contributed by atoms with van der Waals surface area (Å²) < 4.78 is 0. The molecule has 0 aliphatic carbocycles. The van der Waals surface area contributed by atoms with E-state index in [-0.39, 0.29) is 0 Å².